The van der Waals surface area contributed by atoms with E-state index < -0.39 is 6.23 Å². The number of nitrogens with zero attached hydrogens (tertiary/aromatic N) is 1. The van der Waals surface area contributed by atoms with Gasteiger partial charge in [-0.15, -0.1) is 0 Å². The van der Waals surface area contributed by atoms with Gasteiger partial charge in [0.25, 0.3) is 0 Å². The Balaban J connectivity index is 3.50. The molecule has 0 spiro atoms. The van der Waals surface area contributed by atoms with Crippen molar-refractivity contribution in [2.45, 2.75) is 13.2 Å². The van der Waals surface area contributed by atoms with Crippen LogP contribution < -0.4 is 0 Å². The first-order valence-electron chi connectivity index (χ1n) is 3.36. The first kappa shape index (κ1) is 9.84. The van der Waals surface area contributed by atoms with Gasteiger partial charge in [0.1, 0.15) is 6.23 Å². The van der Waals surface area contributed by atoms with Crippen molar-refractivity contribution in [3.8, 4) is 0 Å². The summed E-state index contributed by atoms with van der Waals surface area (Å²) >= 11 is 0. The zero-order chi connectivity index (χ0) is 7.98. The molecule has 0 fully saturated rings. The summed E-state index contributed by atoms with van der Waals surface area (Å²) in [4.78, 5) is 1.58. The van der Waals surface area contributed by atoms with Gasteiger partial charge in [-0.2, -0.15) is 0 Å². The van der Waals surface area contributed by atoms with Crippen molar-refractivity contribution in [2.75, 3.05) is 26.3 Å². The zero-order valence-corrected chi connectivity index (χ0v) is 6.19. The van der Waals surface area contributed by atoms with Crippen LogP contribution in [-0.2, 0) is 0 Å². The third-order valence-corrected chi connectivity index (χ3v) is 1.30. The lowest BCUT2D eigenvalue weighted by Crippen LogP contribution is -2.37. The fourth-order valence-electron chi connectivity index (χ4n) is 0.742. The lowest BCUT2D eigenvalue weighted by Gasteiger charge is -2.22. The molecule has 1 unspecified atom stereocenters. The molecule has 4 heteroatoms. The molecule has 0 saturated heterocycles. The molecule has 0 rings (SSSR count). The van der Waals surface area contributed by atoms with E-state index in [0.717, 1.165) is 0 Å². The number of aliphatic hydroxyl groups excluding tert-OH is 3. The number of aliphatic hydroxyl groups is 3. The highest BCUT2D eigenvalue weighted by Gasteiger charge is 2.07. The van der Waals surface area contributed by atoms with Gasteiger partial charge in [0.15, 0.2) is 0 Å². The van der Waals surface area contributed by atoms with Crippen LogP contribution in [0.5, 0.6) is 0 Å². The molecule has 0 aliphatic rings. The molecular formula is C6H15NO3. The minimum absolute atomic E-state index is 0.00486. The maximum atomic E-state index is 8.98. The fourth-order valence-corrected chi connectivity index (χ4v) is 0.742. The molecular weight excluding hydrogens is 134 g/mol. The van der Waals surface area contributed by atoms with Gasteiger partial charge < -0.3 is 15.3 Å². The summed E-state index contributed by atoms with van der Waals surface area (Å²) < 4.78 is 0. The SMILES string of the molecule is CC(O)N(CCO)CCO. The van der Waals surface area contributed by atoms with Gasteiger partial charge in [-0.25, -0.2) is 0 Å². The summed E-state index contributed by atoms with van der Waals surface area (Å²) in [7, 11) is 0. The smallest absolute Gasteiger partial charge is 0.104 e. The van der Waals surface area contributed by atoms with Crippen LogP contribution in [-0.4, -0.2) is 52.8 Å². The Labute approximate surface area is 60.7 Å². The Kier molecular flexibility index (Phi) is 5.52. The second kappa shape index (κ2) is 5.61. The third-order valence-electron chi connectivity index (χ3n) is 1.30. The summed E-state index contributed by atoms with van der Waals surface area (Å²) in [6.07, 6.45) is -0.598. The van der Waals surface area contributed by atoms with Crippen molar-refractivity contribution >= 4 is 0 Å². The van der Waals surface area contributed by atoms with Gasteiger partial charge in [0.2, 0.25) is 0 Å². The van der Waals surface area contributed by atoms with E-state index in [1.807, 2.05) is 0 Å². The molecule has 0 heterocycles. The van der Waals surface area contributed by atoms with E-state index in [9.17, 15) is 0 Å². The number of rotatable bonds is 5. The molecule has 0 aliphatic heterocycles. The number of hydrogen-bond donors (Lipinski definition) is 3. The Morgan fingerprint density at radius 3 is 1.80 bits per heavy atom. The molecule has 10 heavy (non-hydrogen) atoms. The largest absolute Gasteiger partial charge is 0.395 e. The molecule has 62 valence electrons. The quantitative estimate of drug-likeness (QED) is 0.421. The van der Waals surface area contributed by atoms with Crippen LogP contribution in [0.2, 0.25) is 0 Å². The first-order chi connectivity index (χ1) is 4.72. The van der Waals surface area contributed by atoms with E-state index >= 15 is 0 Å². The highest BCUT2D eigenvalue weighted by Crippen LogP contribution is 1.92. The maximum absolute atomic E-state index is 8.98. The average molecular weight is 149 g/mol. The van der Waals surface area contributed by atoms with Gasteiger partial charge in [0, 0.05) is 13.1 Å². The highest BCUT2D eigenvalue weighted by atomic mass is 16.3. The van der Waals surface area contributed by atoms with E-state index in [2.05, 4.69) is 0 Å². The Hall–Kier alpha value is -0.160. The van der Waals surface area contributed by atoms with Gasteiger partial charge in [-0.05, 0) is 6.92 Å². The highest BCUT2D eigenvalue weighted by molar-refractivity contribution is 4.55. The van der Waals surface area contributed by atoms with Crippen LogP contribution in [0.15, 0.2) is 0 Å². The zero-order valence-electron chi connectivity index (χ0n) is 6.19. The molecule has 4 nitrogen and oxygen atoms in total. The van der Waals surface area contributed by atoms with Crippen LogP contribution in [0.1, 0.15) is 6.92 Å². The average Bonchev–Trinajstić information content (AvgIpc) is 1.87. The van der Waals surface area contributed by atoms with E-state index in [-0.39, 0.29) is 13.2 Å². The summed E-state index contributed by atoms with van der Waals surface area (Å²) in [5.74, 6) is 0. The van der Waals surface area contributed by atoms with Gasteiger partial charge in [0.05, 0.1) is 13.2 Å². The monoisotopic (exact) mass is 149 g/mol. The summed E-state index contributed by atoms with van der Waals surface area (Å²) in [6.45, 7) is 2.41. The molecule has 0 aromatic heterocycles. The molecule has 0 bridgehead atoms. The summed E-state index contributed by atoms with van der Waals surface area (Å²) in [6, 6.07) is 0. The molecule has 0 saturated carbocycles. The van der Waals surface area contributed by atoms with Crippen molar-refractivity contribution in [3.05, 3.63) is 0 Å². The van der Waals surface area contributed by atoms with E-state index in [4.69, 9.17) is 15.3 Å². The van der Waals surface area contributed by atoms with Gasteiger partial charge >= 0.3 is 0 Å². The van der Waals surface area contributed by atoms with Crippen molar-refractivity contribution in [3.63, 3.8) is 0 Å². The minimum atomic E-state index is -0.598. The molecule has 3 N–H and O–H groups in total. The minimum Gasteiger partial charge on any atom is -0.395 e. The standard InChI is InChI=1S/C6H15NO3/c1-6(10)7(2-4-8)3-5-9/h6,8-10H,2-5H2,1H3. The Morgan fingerprint density at radius 1 is 1.20 bits per heavy atom. The van der Waals surface area contributed by atoms with Crippen LogP contribution in [0.3, 0.4) is 0 Å². The van der Waals surface area contributed by atoms with Crippen molar-refractivity contribution < 1.29 is 15.3 Å². The maximum Gasteiger partial charge on any atom is 0.104 e. The van der Waals surface area contributed by atoms with Crippen LogP contribution in [0, 0.1) is 0 Å². The molecule has 0 aromatic carbocycles. The first-order valence-corrected chi connectivity index (χ1v) is 3.36. The van der Waals surface area contributed by atoms with Gasteiger partial charge in [-0.3, -0.25) is 4.90 Å². The third kappa shape index (κ3) is 3.79. The molecule has 0 aromatic rings. The second-order valence-corrected chi connectivity index (χ2v) is 2.12. The van der Waals surface area contributed by atoms with Gasteiger partial charge in [-0.1, -0.05) is 0 Å². The second-order valence-electron chi connectivity index (χ2n) is 2.12. The fraction of sp³-hybridized carbons (Fsp3) is 1.00. The van der Waals surface area contributed by atoms with Crippen molar-refractivity contribution in [1.82, 2.24) is 4.90 Å². The lowest BCUT2D eigenvalue weighted by atomic mass is 10.4. The summed E-state index contributed by atoms with van der Waals surface area (Å²) in [5.41, 5.74) is 0. The van der Waals surface area contributed by atoms with Crippen molar-refractivity contribution in [2.24, 2.45) is 0 Å². The lowest BCUT2D eigenvalue weighted by molar-refractivity contribution is -0.000790. The Morgan fingerprint density at radius 2 is 1.60 bits per heavy atom. The summed E-state index contributed by atoms with van der Waals surface area (Å²) in [5, 5.41) is 25.9. The topological polar surface area (TPSA) is 63.9 Å². The van der Waals surface area contributed by atoms with Crippen LogP contribution in [0.4, 0.5) is 0 Å². The van der Waals surface area contributed by atoms with E-state index in [1.54, 1.807) is 11.8 Å². The van der Waals surface area contributed by atoms with E-state index in [1.165, 1.54) is 0 Å². The molecule has 0 aliphatic carbocycles. The Bertz CT molecular complexity index is 71.4. The van der Waals surface area contributed by atoms with Crippen LogP contribution >= 0.6 is 0 Å². The molecule has 1 atom stereocenters. The van der Waals surface area contributed by atoms with Crippen molar-refractivity contribution in [1.29, 1.82) is 0 Å². The number of hydrogen-bond acceptors (Lipinski definition) is 4. The molecule has 0 radical (unpaired) electrons. The predicted molar refractivity (Wildman–Crippen MR) is 37.4 cm³/mol. The normalized spacial score (nSPS) is 14.1. The predicted octanol–water partition coefficient (Wildman–Crippen LogP) is -1.39. The van der Waals surface area contributed by atoms with Crippen LogP contribution in [0.25, 0.3) is 0 Å². The molecule has 0 amide bonds. The van der Waals surface area contributed by atoms with E-state index in [0.29, 0.717) is 13.1 Å².